The summed E-state index contributed by atoms with van der Waals surface area (Å²) in [7, 11) is 0. The number of fused-ring (bicyclic) bond motifs is 1. The van der Waals surface area contributed by atoms with Gasteiger partial charge in [0, 0.05) is 60.4 Å². The molecule has 3 aromatic carbocycles. The third kappa shape index (κ3) is 6.17. The molecule has 0 spiro atoms. The number of carbonyl (C=O) groups is 1. The molecule has 0 saturated carbocycles. The van der Waals surface area contributed by atoms with E-state index in [0.717, 1.165) is 11.6 Å². The number of aliphatic hydroxyl groups is 1. The fourth-order valence-electron chi connectivity index (χ4n) is 5.57. The van der Waals surface area contributed by atoms with Gasteiger partial charge in [0.15, 0.2) is 5.60 Å². The van der Waals surface area contributed by atoms with E-state index in [1.165, 1.54) is 22.9 Å². The van der Waals surface area contributed by atoms with E-state index in [0.29, 0.717) is 31.6 Å². The average molecular weight is 581 g/mol. The highest BCUT2D eigenvalue weighted by Gasteiger charge is 2.56. The molecule has 0 bridgehead atoms. The van der Waals surface area contributed by atoms with E-state index >= 15 is 0 Å². The molecule has 1 amide bonds. The number of hydrogen-bond acceptors (Lipinski definition) is 5. The molecule has 1 aliphatic heterocycles. The summed E-state index contributed by atoms with van der Waals surface area (Å²) in [5, 5.41) is 25.8. The number of piperidine rings is 1. The fourth-order valence-corrected chi connectivity index (χ4v) is 5.57. The molecule has 1 unspecified atom stereocenters. The Morgan fingerprint density at radius 3 is 2.26 bits per heavy atom. The summed E-state index contributed by atoms with van der Waals surface area (Å²) >= 11 is 0. The smallest absolute Gasteiger partial charge is 0.376 e. The van der Waals surface area contributed by atoms with Gasteiger partial charge >= 0.3 is 6.18 Å². The first kappa shape index (κ1) is 29.3. The van der Waals surface area contributed by atoms with E-state index in [-0.39, 0.29) is 47.1 Å². The molecule has 1 aromatic heterocycles. The number of non-ortho nitro benzene ring substituents is 1. The number of nitro benzene ring substituents is 1. The molecule has 0 aliphatic carbocycles. The van der Waals surface area contributed by atoms with Crippen LogP contribution < -0.4 is 5.32 Å². The van der Waals surface area contributed by atoms with Crippen LogP contribution in [0.5, 0.6) is 0 Å². The normalized spacial score (nSPS) is 16.3. The predicted octanol–water partition coefficient (Wildman–Crippen LogP) is 6.09. The van der Waals surface area contributed by atoms with Crippen molar-refractivity contribution in [2.75, 3.05) is 25.0 Å². The Morgan fingerprint density at radius 2 is 1.64 bits per heavy atom. The summed E-state index contributed by atoms with van der Waals surface area (Å²) < 4.78 is 45.5. The van der Waals surface area contributed by atoms with Crippen LogP contribution in [-0.2, 0) is 16.9 Å². The number of rotatable bonds is 9. The van der Waals surface area contributed by atoms with Crippen LogP contribution in [-0.4, -0.2) is 51.2 Å². The quantitative estimate of drug-likeness (QED) is 0.184. The van der Waals surface area contributed by atoms with Gasteiger partial charge < -0.3 is 19.9 Å². The van der Waals surface area contributed by atoms with Crippen molar-refractivity contribution in [1.82, 2.24) is 9.47 Å². The van der Waals surface area contributed by atoms with Crippen molar-refractivity contribution in [1.29, 1.82) is 0 Å². The highest BCUT2D eigenvalue weighted by Crippen LogP contribution is 2.45. The molecule has 5 rings (SSSR count). The van der Waals surface area contributed by atoms with Crippen molar-refractivity contribution in [3.8, 4) is 0 Å². The van der Waals surface area contributed by atoms with Crippen LogP contribution in [0.1, 0.15) is 30.4 Å². The molecule has 1 saturated heterocycles. The van der Waals surface area contributed by atoms with E-state index in [1.54, 1.807) is 24.3 Å². The number of para-hydroxylation sites is 1. The second kappa shape index (κ2) is 11.9. The van der Waals surface area contributed by atoms with E-state index in [1.807, 2.05) is 41.3 Å². The lowest BCUT2D eigenvalue weighted by Gasteiger charge is -2.35. The van der Waals surface area contributed by atoms with Crippen LogP contribution in [0.15, 0.2) is 85.1 Å². The summed E-state index contributed by atoms with van der Waals surface area (Å²) in [4.78, 5) is 25.3. The number of nitro groups is 1. The van der Waals surface area contributed by atoms with Crippen LogP contribution in [0.2, 0.25) is 0 Å². The molecule has 220 valence electrons. The maximum absolute atomic E-state index is 14.7. The fraction of sp³-hybridized carbons (Fsp3) is 0.323. The third-order valence-corrected chi connectivity index (χ3v) is 7.98. The summed E-state index contributed by atoms with van der Waals surface area (Å²) in [6.45, 7) is 0.970. The molecule has 1 aliphatic rings. The first-order chi connectivity index (χ1) is 20.0. The second-order valence-electron chi connectivity index (χ2n) is 10.7. The number of nitrogens with zero attached hydrogens (tertiary/aromatic N) is 3. The van der Waals surface area contributed by atoms with Gasteiger partial charge in [0.05, 0.1) is 10.4 Å². The molecule has 4 aromatic rings. The minimum Gasteiger partial charge on any atom is -0.376 e. The van der Waals surface area contributed by atoms with E-state index in [9.17, 15) is 33.2 Å². The van der Waals surface area contributed by atoms with Gasteiger partial charge in [-0.3, -0.25) is 14.9 Å². The Bertz CT molecular complexity index is 1550. The second-order valence-corrected chi connectivity index (χ2v) is 10.7. The van der Waals surface area contributed by atoms with Gasteiger partial charge in [0.25, 0.3) is 5.69 Å². The Morgan fingerprint density at radius 1 is 1.00 bits per heavy atom. The Hall–Kier alpha value is -4.22. The Balaban J connectivity index is 1.36. The summed E-state index contributed by atoms with van der Waals surface area (Å²) in [6, 6.07) is 21.8. The van der Waals surface area contributed by atoms with Crippen molar-refractivity contribution in [2.24, 2.45) is 5.92 Å². The van der Waals surface area contributed by atoms with Gasteiger partial charge in [-0.25, -0.2) is 0 Å². The number of anilines is 1. The third-order valence-electron chi connectivity index (χ3n) is 7.98. The van der Waals surface area contributed by atoms with Gasteiger partial charge in [-0.2, -0.15) is 13.2 Å². The van der Waals surface area contributed by atoms with Gasteiger partial charge in [0.1, 0.15) is 0 Å². The van der Waals surface area contributed by atoms with Crippen LogP contribution in [0.3, 0.4) is 0 Å². The van der Waals surface area contributed by atoms with Crippen molar-refractivity contribution < 1.29 is 28.0 Å². The molecule has 8 nitrogen and oxygen atoms in total. The number of likely N-dealkylation sites (tertiary alicyclic amines) is 1. The molecule has 1 atom stereocenters. The van der Waals surface area contributed by atoms with Crippen LogP contribution in [0, 0.1) is 16.0 Å². The zero-order valence-electron chi connectivity index (χ0n) is 22.8. The summed E-state index contributed by atoms with van der Waals surface area (Å²) in [6.07, 6.45) is -3.39. The molecule has 1 fully saturated rings. The first-order valence-electron chi connectivity index (χ1n) is 13.7. The number of benzene rings is 3. The Labute approximate surface area is 240 Å². The topological polar surface area (TPSA) is 101 Å². The average Bonchev–Trinajstić information content (AvgIpc) is 3.34. The highest BCUT2D eigenvalue weighted by molar-refractivity contribution is 5.92. The van der Waals surface area contributed by atoms with Gasteiger partial charge in [-0.05, 0) is 49.7 Å². The van der Waals surface area contributed by atoms with Crippen molar-refractivity contribution in [2.45, 2.75) is 37.6 Å². The van der Waals surface area contributed by atoms with Gasteiger partial charge in [-0.15, -0.1) is 0 Å². The molecule has 11 heteroatoms. The molecule has 2 heterocycles. The van der Waals surface area contributed by atoms with E-state index in [4.69, 9.17) is 0 Å². The standard InChI is InChI=1S/C31H31F3N4O4/c32-31(33,34)30(40,15-18-36-16-13-23(14-17-36)29(39)35-24-9-5-2-6-10-24)27-21-37(20-22-7-3-1-4-8-22)28-19-25(38(41)42)11-12-26(27)28/h1-12,19,21,23,40H,13-18,20H2,(H,35,39). The lowest BCUT2D eigenvalue weighted by atomic mass is 9.88. The predicted molar refractivity (Wildman–Crippen MR) is 153 cm³/mol. The lowest BCUT2D eigenvalue weighted by Crippen LogP contribution is -2.46. The molecular formula is C31H31F3N4O4. The number of halogens is 3. The van der Waals surface area contributed by atoms with Crippen molar-refractivity contribution in [3.05, 3.63) is 106 Å². The number of amides is 1. The Kier molecular flexibility index (Phi) is 8.33. The van der Waals surface area contributed by atoms with E-state index in [2.05, 4.69) is 5.32 Å². The molecule has 42 heavy (non-hydrogen) atoms. The molecular weight excluding hydrogens is 549 g/mol. The maximum Gasteiger partial charge on any atom is 0.421 e. The highest BCUT2D eigenvalue weighted by atomic mass is 19.4. The summed E-state index contributed by atoms with van der Waals surface area (Å²) in [5.41, 5.74) is -2.07. The number of aromatic nitrogens is 1. The SMILES string of the molecule is O=C(Nc1ccccc1)C1CCN(CCC(O)(c2cn(Cc3ccccc3)c3cc([N+](=O)[O-])ccc23)C(F)(F)F)CC1. The number of nitrogens with one attached hydrogen (secondary N) is 1. The maximum atomic E-state index is 14.7. The monoisotopic (exact) mass is 580 g/mol. The molecule has 0 radical (unpaired) electrons. The number of carbonyl (C=O) groups excluding carboxylic acids is 1. The largest absolute Gasteiger partial charge is 0.421 e. The minimum atomic E-state index is -5.01. The number of alkyl halides is 3. The van der Waals surface area contributed by atoms with Gasteiger partial charge in [-0.1, -0.05) is 48.5 Å². The van der Waals surface area contributed by atoms with Crippen LogP contribution in [0.4, 0.5) is 24.5 Å². The van der Waals surface area contributed by atoms with Crippen LogP contribution >= 0.6 is 0 Å². The zero-order chi connectivity index (χ0) is 29.9. The molecule has 2 N–H and O–H groups in total. The van der Waals surface area contributed by atoms with E-state index < -0.39 is 23.1 Å². The number of hydrogen-bond donors (Lipinski definition) is 2. The lowest BCUT2D eigenvalue weighted by molar-refractivity contribution is -0.384. The van der Waals surface area contributed by atoms with Crippen molar-refractivity contribution in [3.63, 3.8) is 0 Å². The first-order valence-corrected chi connectivity index (χ1v) is 13.7. The van der Waals surface area contributed by atoms with Crippen LogP contribution in [0.25, 0.3) is 10.9 Å². The van der Waals surface area contributed by atoms with Crippen molar-refractivity contribution >= 4 is 28.2 Å². The minimum absolute atomic E-state index is 0.0403. The summed E-state index contributed by atoms with van der Waals surface area (Å²) in [5.74, 6) is -0.373. The van der Waals surface area contributed by atoms with Gasteiger partial charge in [0.2, 0.25) is 5.91 Å². The zero-order valence-corrected chi connectivity index (χ0v) is 22.8.